The quantitative estimate of drug-likeness (QED) is 0.407. The average molecular weight is 412 g/mol. The minimum absolute atomic E-state index is 0.491. The molecule has 3 rings (SSSR count). The van der Waals surface area contributed by atoms with Gasteiger partial charge < -0.3 is 10.6 Å². The van der Waals surface area contributed by atoms with Gasteiger partial charge in [0, 0.05) is 45.8 Å². The number of rotatable bonds is 7. The molecule has 5 nitrogen and oxygen atoms in total. The van der Waals surface area contributed by atoms with E-state index >= 15 is 0 Å². The number of nitrogens with one attached hydrogen (secondary N) is 2. The summed E-state index contributed by atoms with van der Waals surface area (Å²) in [6, 6.07) is 9.35. The van der Waals surface area contributed by atoms with E-state index in [1.807, 2.05) is 7.05 Å². The molecule has 0 bridgehead atoms. The standard InChI is InChI=1S/C25H41N5/c1-21(2)19-30-16-12-24(13-17-30)28-25(26-3)27-18-22-10-6-7-11-23(22)20-29-14-8-4-5-9-15-29/h6-7,10-11,24H,1,4-5,8-9,12-20H2,2-3H3,(H2,26,27,28). The van der Waals surface area contributed by atoms with Gasteiger partial charge in [-0.05, 0) is 56.8 Å². The van der Waals surface area contributed by atoms with Crippen LogP contribution in [0.2, 0.25) is 0 Å². The molecule has 0 unspecified atom stereocenters. The van der Waals surface area contributed by atoms with Crippen LogP contribution >= 0.6 is 0 Å². The molecular formula is C25H41N5. The summed E-state index contributed by atoms with van der Waals surface area (Å²) in [5.41, 5.74) is 4.06. The number of nitrogens with zero attached hydrogens (tertiary/aromatic N) is 3. The van der Waals surface area contributed by atoms with Gasteiger partial charge in [-0.15, -0.1) is 0 Å². The van der Waals surface area contributed by atoms with E-state index in [0.717, 1.165) is 51.5 Å². The number of hydrogen-bond donors (Lipinski definition) is 2. The maximum atomic E-state index is 4.48. The number of hydrogen-bond acceptors (Lipinski definition) is 3. The number of aliphatic imine (C=N–C) groups is 1. The van der Waals surface area contributed by atoms with E-state index in [9.17, 15) is 0 Å². The summed E-state index contributed by atoms with van der Waals surface area (Å²) in [6.45, 7) is 13.8. The first-order valence-electron chi connectivity index (χ1n) is 11.8. The van der Waals surface area contributed by atoms with Crippen molar-refractivity contribution in [2.75, 3.05) is 39.8 Å². The van der Waals surface area contributed by atoms with Crippen LogP contribution in [0.5, 0.6) is 0 Å². The Bertz CT molecular complexity index is 683. The maximum absolute atomic E-state index is 4.48. The van der Waals surface area contributed by atoms with Crippen molar-refractivity contribution in [2.24, 2.45) is 4.99 Å². The molecular weight excluding hydrogens is 370 g/mol. The van der Waals surface area contributed by atoms with Crippen LogP contribution in [0.1, 0.15) is 56.6 Å². The van der Waals surface area contributed by atoms with E-state index in [-0.39, 0.29) is 0 Å². The fraction of sp³-hybridized carbons (Fsp3) is 0.640. The summed E-state index contributed by atoms with van der Waals surface area (Å²) in [7, 11) is 1.87. The Morgan fingerprint density at radius 1 is 1.00 bits per heavy atom. The molecule has 2 aliphatic rings. The van der Waals surface area contributed by atoms with Crippen LogP contribution in [0.3, 0.4) is 0 Å². The molecule has 2 saturated heterocycles. The molecule has 2 N–H and O–H groups in total. The zero-order valence-corrected chi connectivity index (χ0v) is 19.1. The first-order chi connectivity index (χ1) is 14.6. The zero-order chi connectivity index (χ0) is 21.2. The number of guanidine groups is 1. The smallest absolute Gasteiger partial charge is 0.191 e. The SMILES string of the molecule is C=C(C)CN1CCC(NC(=NC)NCc2ccccc2CN2CCCCCC2)CC1. The van der Waals surface area contributed by atoms with Gasteiger partial charge in [0.2, 0.25) is 0 Å². The highest BCUT2D eigenvalue weighted by molar-refractivity contribution is 5.80. The number of benzene rings is 1. The molecule has 0 amide bonds. The highest BCUT2D eigenvalue weighted by Crippen LogP contribution is 2.16. The highest BCUT2D eigenvalue weighted by atomic mass is 15.2. The third-order valence-electron chi connectivity index (χ3n) is 6.30. The molecule has 0 radical (unpaired) electrons. The van der Waals surface area contributed by atoms with Gasteiger partial charge in [-0.3, -0.25) is 14.8 Å². The van der Waals surface area contributed by atoms with Crippen molar-refractivity contribution >= 4 is 5.96 Å². The summed E-state index contributed by atoms with van der Waals surface area (Å²) in [4.78, 5) is 9.60. The van der Waals surface area contributed by atoms with Crippen molar-refractivity contribution in [1.82, 2.24) is 20.4 Å². The summed E-state index contributed by atoms with van der Waals surface area (Å²) in [5, 5.41) is 7.20. The molecule has 0 atom stereocenters. The van der Waals surface area contributed by atoms with E-state index in [2.05, 4.69) is 63.2 Å². The van der Waals surface area contributed by atoms with Crippen molar-refractivity contribution in [2.45, 2.75) is 64.6 Å². The third-order valence-corrected chi connectivity index (χ3v) is 6.30. The molecule has 0 saturated carbocycles. The first-order valence-corrected chi connectivity index (χ1v) is 11.8. The van der Waals surface area contributed by atoms with Crippen LogP contribution in [0.25, 0.3) is 0 Å². The Labute approximate surface area is 183 Å². The molecule has 30 heavy (non-hydrogen) atoms. The Hall–Kier alpha value is -1.85. The maximum Gasteiger partial charge on any atom is 0.191 e. The van der Waals surface area contributed by atoms with Crippen LogP contribution in [0, 0.1) is 0 Å². The van der Waals surface area contributed by atoms with E-state index in [1.54, 1.807) is 0 Å². The monoisotopic (exact) mass is 411 g/mol. The predicted octanol–water partition coefficient (Wildman–Crippen LogP) is 3.77. The van der Waals surface area contributed by atoms with Gasteiger partial charge in [0.1, 0.15) is 0 Å². The lowest BCUT2D eigenvalue weighted by Crippen LogP contribution is -2.48. The van der Waals surface area contributed by atoms with Gasteiger partial charge in [0.05, 0.1) is 0 Å². The van der Waals surface area contributed by atoms with E-state index in [0.29, 0.717) is 6.04 Å². The zero-order valence-electron chi connectivity index (χ0n) is 19.1. The van der Waals surface area contributed by atoms with Gasteiger partial charge in [0.25, 0.3) is 0 Å². The minimum Gasteiger partial charge on any atom is -0.354 e. The predicted molar refractivity (Wildman–Crippen MR) is 128 cm³/mol. The van der Waals surface area contributed by atoms with Gasteiger partial charge in [-0.25, -0.2) is 0 Å². The van der Waals surface area contributed by atoms with Crippen molar-refractivity contribution in [1.29, 1.82) is 0 Å². The molecule has 1 aromatic carbocycles. The summed E-state index contributed by atoms with van der Waals surface area (Å²) < 4.78 is 0. The normalized spacial score (nSPS) is 20.0. The van der Waals surface area contributed by atoms with Gasteiger partial charge in [0.15, 0.2) is 5.96 Å². The molecule has 2 aliphatic heterocycles. The first kappa shape index (κ1) is 22.8. The molecule has 0 aliphatic carbocycles. The Kier molecular flexibility index (Phi) is 9.22. The summed E-state index contributed by atoms with van der Waals surface area (Å²) in [5.74, 6) is 0.915. The van der Waals surface area contributed by atoms with Crippen LogP contribution in [0.4, 0.5) is 0 Å². The van der Waals surface area contributed by atoms with Crippen LogP contribution in [-0.2, 0) is 13.1 Å². The van der Waals surface area contributed by atoms with Gasteiger partial charge in [-0.1, -0.05) is 49.3 Å². The lowest BCUT2D eigenvalue weighted by atomic mass is 10.0. The number of piperidine rings is 1. The van der Waals surface area contributed by atoms with E-state index in [4.69, 9.17) is 0 Å². The second kappa shape index (κ2) is 12.1. The second-order valence-electron chi connectivity index (χ2n) is 9.04. The Morgan fingerprint density at radius 3 is 2.30 bits per heavy atom. The molecule has 0 aromatic heterocycles. The van der Waals surface area contributed by atoms with Crippen LogP contribution in [-0.4, -0.2) is 61.6 Å². The van der Waals surface area contributed by atoms with E-state index in [1.165, 1.54) is 55.5 Å². The molecule has 1 aromatic rings. The number of likely N-dealkylation sites (tertiary alicyclic amines) is 2. The molecule has 0 spiro atoms. The summed E-state index contributed by atoms with van der Waals surface area (Å²) in [6.07, 6.45) is 7.74. The third kappa shape index (κ3) is 7.44. The van der Waals surface area contributed by atoms with Crippen molar-refractivity contribution in [3.05, 3.63) is 47.5 Å². The van der Waals surface area contributed by atoms with Gasteiger partial charge in [-0.2, -0.15) is 0 Å². The highest BCUT2D eigenvalue weighted by Gasteiger charge is 2.20. The fourth-order valence-corrected chi connectivity index (χ4v) is 4.60. The van der Waals surface area contributed by atoms with Crippen molar-refractivity contribution in [3.63, 3.8) is 0 Å². The molecule has 5 heteroatoms. The second-order valence-corrected chi connectivity index (χ2v) is 9.04. The topological polar surface area (TPSA) is 42.9 Å². The fourth-order valence-electron chi connectivity index (χ4n) is 4.60. The largest absolute Gasteiger partial charge is 0.354 e. The van der Waals surface area contributed by atoms with Crippen molar-refractivity contribution < 1.29 is 0 Å². The average Bonchev–Trinajstić information content (AvgIpc) is 3.01. The van der Waals surface area contributed by atoms with Crippen LogP contribution < -0.4 is 10.6 Å². The lowest BCUT2D eigenvalue weighted by molar-refractivity contribution is 0.221. The minimum atomic E-state index is 0.491. The van der Waals surface area contributed by atoms with Crippen molar-refractivity contribution in [3.8, 4) is 0 Å². The molecule has 166 valence electrons. The summed E-state index contributed by atoms with van der Waals surface area (Å²) >= 11 is 0. The molecule has 2 heterocycles. The Morgan fingerprint density at radius 2 is 1.67 bits per heavy atom. The Balaban J connectivity index is 1.49. The van der Waals surface area contributed by atoms with Crippen LogP contribution in [0.15, 0.2) is 41.4 Å². The van der Waals surface area contributed by atoms with E-state index < -0.39 is 0 Å². The molecule has 2 fully saturated rings. The van der Waals surface area contributed by atoms with Gasteiger partial charge >= 0.3 is 0 Å². The lowest BCUT2D eigenvalue weighted by Gasteiger charge is -2.33.